The summed E-state index contributed by atoms with van der Waals surface area (Å²) in [6, 6.07) is 0. The van der Waals surface area contributed by atoms with Crippen LogP contribution in [0.1, 0.15) is 20.7 Å². The maximum absolute atomic E-state index is 4.95. The fourth-order valence-electron chi connectivity index (χ4n) is 0.736. The molecule has 0 atom stereocenters. The van der Waals surface area contributed by atoms with Crippen LogP contribution < -0.4 is 18.9 Å². The van der Waals surface area contributed by atoms with Crippen molar-refractivity contribution < 1.29 is 35.4 Å². The van der Waals surface area contributed by atoms with Gasteiger partial charge in [-0.05, 0) is 0 Å². The Bertz CT molecular complexity index is 51.9. The van der Waals surface area contributed by atoms with Crippen molar-refractivity contribution in [2.45, 2.75) is 19.3 Å². The van der Waals surface area contributed by atoms with E-state index in [9.17, 15) is 0 Å². The molecule has 0 radical (unpaired) electrons. The molecule has 0 saturated carbocycles. The van der Waals surface area contributed by atoms with E-state index in [2.05, 4.69) is 5.32 Å². The first-order valence-electron chi connectivity index (χ1n) is 3.17. The van der Waals surface area contributed by atoms with Crippen molar-refractivity contribution in [3.63, 3.8) is 0 Å². The predicted molar refractivity (Wildman–Crippen MR) is 65.4 cm³/mol. The second-order valence-corrected chi connectivity index (χ2v) is 6.46. The van der Waals surface area contributed by atoms with Gasteiger partial charge in [0.1, 0.15) is 0 Å². The number of halogens is 2. The summed E-state index contributed by atoms with van der Waals surface area (Å²) in [4.78, 5) is 0. The van der Waals surface area contributed by atoms with Crippen LogP contribution in [0.4, 0.5) is 0 Å². The summed E-state index contributed by atoms with van der Waals surface area (Å²) in [5.74, 6) is 0. The molecule has 0 aromatic carbocycles. The van der Waals surface area contributed by atoms with E-state index >= 15 is 0 Å². The molecule has 0 N–H and O–H groups in total. The minimum Gasteiger partial charge on any atom is -1.00 e. The van der Waals surface area contributed by atoms with Crippen LogP contribution in [-0.2, 0) is 15.1 Å². The molecule has 0 amide bonds. The summed E-state index contributed by atoms with van der Waals surface area (Å²) in [5, 5.41) is 4.18. The van der Waals surface area contributed by atoms with E-state index in [0.29, 0.717) is 0 Å². The van der Waals surface area contributed by atoms with Crippen molar-refractivity contribution in [1.29, 1.82) is 0 Å². The van der Waals surface area contributed by atoms with Gasteiger partial charge >= 0.3 is 53.4 Å². The molecule has 1 heterocycles. The van der Waals surface area contributed by atoms with E-state index in [4.69, 9.17) is 19.4 Å². The van der Waals surface area contributed by atoms with Crippen LogP contribution in [0.5, 0.6) is 0 Å². The first-order chi connectivity index (χ1) is 4.41. The van der Waals surface area contributed by atoms with Gasteiger partial charge in [0.2, 0.25) is 0 Å². The topological polar surface area (TPSA) is 14.1 Å². The Balaban J connectivity index is -0.0000000133. The molecule has 0 aromatic heterocycles. The van der Waals surface area contributed by atoms with Gasteiger partial charge in [0.05, 0.1) is 0 Å². The molecule has 1 aliphatic heterocycles. The average Bonchev–Trinajstić information content (AvgIpc) is 1.93. The van der Waals surface area contributed by atoms with Gasteiger partial charge in [-0.25, -0.2) is 0 Å². The van der Waals surface area contributed by atoms with Crippen LogP contribution in [0, 0.1) is 29.7 Å². The van der Waals surface area contributed by atoms with E-state index in [0.717, 1.165) is 13.1 Å². The van der Waals surface area contributed by atoms with E-state index in [1.807, 2.05) is 0 Å². The van der Waals surface area contributed by atoms with Gasteiger partial charge in [-0.1, -0.05) is 19.3 Å². The third kappa shape index (κ3) is 37.2. The van der Waals surface area contributed by atoms with E-state index in [-0.39, 0.29) is 50.0 Å². The van der Waals surface area contributed by atoms with Crippen LogP contribution in [0.2, 0.25) is 0 Å². The zero-order valence-corrected chi connectivity index (χ0v) is 14.9. The first kappa shape index (κ1) is 36.0. The molecular weight excluding hydrogens is 265 g/mol. The first-order valence-corrected chi connectivity index (χ1v) is 11.0. The standard InChI is InChI=1S/C5H10N.4CH3.2ClH.Li.Zn.H/c1-2-4-6-5-3-1;;;;;;;;;/h1-5H2;4*1H3;2*1H;;;/q5*-1;;;+1;+2;-1/p-2. The van der Waals surface area contributed by atoms with Crippen molar-refractivity contribution in [1.82, 2.24) is 0 Å². The number of hydrogen-bond acceptors (Lipinski definition) is 0. The molecule has 0 spiro atoms. The van der Waals surface area contributed by atoms with Crippen LogP contribution in [-0.4, -0.2) is 13.1 Å². The Morgan fingerprint density at radius 2 is 1.14 bits per heavy atom. The normalized spacial score (nSPS) is 11.0. The average molecular weight is 289 g/mol. The van der Waals surface area contributed by atoms with E-state index < -0.39 is 15.1 Å². The molecule has 0 aromatic rings. The molecule has 86 valence electrons. The summed E-state index contributed by atoms with van der Waals surface area (Å²) in [5.41, 5.74) is 0. The van der Waals surface area contributed by atoms with Crippen molar-refractivity contribution in [3.8, 4) is 0 Å². The van der Waals surface area contributed by atoms with Crippen LogP contribution >= 0.6 is 19.4 Å². The third-order valence-corrected chi connectivity index (χ3v) is 1.13. The van der Waals surface area contributed by atoms with Gasteiger partial charge < -0.3 is 36.5 Å². The fourth-order valence-corrected chi connectivity index (χ4v) is 0.736. The quantitative estimate of drug-likeness (QED) is 0.477. The monoisotopic (exact) mass is 286 g/mol. The van der Waals surface area contributed by atoms with Crippen molar-refractivity contribution in [2.24, 2.45) is 0 Å². The third-order valence-electron chi connectivity index (χ3n) is 1.13. The predicted octanol–water partition coefficient (Wildman–Crippen LogP) is 1.84. The fraction of sp³-hybridized carbons (Fsp3) is 0.556. The Morgan fingerprint density at radius 3 is 1.21 bits per heavy atom. The van der Waals surface area contributed by atoms with Crippen LogP contribution in [0.25, 0.3) is 5.32 Å². The number of piperidine rings is 1. The van der Waals surface area contributed by atoms with Gasteiger partial charge in [0.25, 0.3) is 0 Å². The Labute approximate surface area is 121 Å². The molecule has 5 heteroatoms. The molecule has 0 bridgehead atoms. The van der Waals surface area contributed by atoms with Gasteiger partial charge in [-0.15, -0.1) is 13.1 Å². The Hall–Kier alpha value is 1.76. The molecular formula is C9H23Cl2LiNZn-5. The summed E-state index contributed by atoms with van der Waals surface area (Å²) in [6.45, 7) is 2.25. The van der Waals surface area contributed by atoms with Gasteiger partial charge in [0.15, 0.2) is 0 Å². The van der Waals surface area contributed by atoms with Crippen molar-refractivity contribution in [3.05, 3.63) is 35.0 Å². The molecule has 0 aliphatic carbocycles. The summed E-state index contributed by atoms with van der Waals surface area (Å²) < 4.78 is 0. The SMILES string of the molecule is C1CC[N-]CC1.[CH3-].[CH3-].[CH3-].[CH3-].[Cl][Zn][Cl].[H-].[Li+]. The second kappa shape index (κ2) is 36.4. The van der Waals surface area contributed by atoms with Crippen molar-refractivity contribution >= 4 is 19.4 Å². The zero-order valence-electron chi connectivity index (χ0n) is 11.4. The van der Waals surface area contributed by atoms with Crippen LogP contribution in [0.3, 0.4) is 0 Å². The van der Waals surface area contributed by atoms with E-state index in [1.165, 1.54) is 19.3 Å². The maximum atomic E-state index is 4.95. The minimum absolute atomic E-state index is 0. The van der Waals surface area contributed by atoms with Crippen molar-refractivity contribution in [2.75, 3.05) is 13.1 Å². The number of hydrogen-bond donors (Lipinski definition) is 0. The Morgan fingerprint density at radius 1 is 0.857 bits per heavy atom. The maximum Gasteiger partial charge on any atom is 1.00 e. The second-order valence-electron chi connectivity index (χ2n) is 1.83. The molecule has 0 unspecified atom stereocenters. The van der Waals surface area contributed by atoms with Gasteiger partial charge in [-0.2, -0.15) is 0 Å². The molecule has 14 heavy (non-hydrogen) atoms. The van der Waals surface area contributed by atoms with E-state index in [1.54, 1.807) is 0 Å². The van der Waals surface area contributed by atoms with Crippen LogP contribution in [0.15, 0.2) is 0 Å². The summed E-state index contributed by atoms with van der Waals surface area (Å²) >= 11 is -0.931. The smallest absolute Gasteiger partial charge is 1.00 e. The number of rotatable bonds is 0. The summed E-state index contributed by atoms with van der Waals surface area (Å²) in [6.07, 6.45) is 4.07. The van der Waals surface area contributed by atoms with Gasteiger partial charge in [-0.3, -0.25) is 0 Å². The number of nitrogens with zero attached hydrogens (tertiary/aromatic N) is 1. The Kier molecular flexibility index (Phi) is 93.8. The largest absolute Gasteiger partial charge is 1.00 e. The molecule has 1 rings (SSSR count). The molecule has 1 nitrogen and oxygen atoms in total. The molecule has 1 fully saturated rings. The molecule has 1 saturated heterocycles. The minimum atomic E-state index is -0.931. The summed E-state index contributed by atoms with van der Waals surface area (Å²) in [7, 11) is 9.90. The van der Waals surface area contributed by atoms with Gasteiger partial charge in [0, 0.05) is 0 Å². The zero-order chi connectivity index (χ0) is 6.95. The molecule has 1 aliphatic rings.